The van der Waals surface area contributed by atoms with Gasteiger partial charge in [-0.3, -0.25) is 14.3 Å². The summed E-state index contributed by atoms with van der Waals surface area (Å²) in [5.41, 5.74) is 0.254. The van der Waals surface area contributed by atoms with Gasteiger partial charge in [-0.05, 0) is 25.0 Å². The van der Waals surface area contributed by atoms with Crippen molar-refractivity contribution >= 4 is 23.2 Å². The van der Waals surface area contributed by atoms with Gasteiger partial charge in [-0.1, -0.05) is 54.7 Å². The van der Waals surface area contributed by atoms with Crippen molar-refractivity contribution in [1.29, 1.82) is 0 Å². The molecule has 0 aliphatic heterocycles. The SMILES string of the molecule is CCCc1c(Cl)[nH]c(=O)n(C(C)c2ccccc2Cl)c1=O. The number of H-pyrrole nitrogens is 1. The van der Waals surface area contributed by atoms with Gasteiger partial charge in [-0.2, -0.15) is 0 Å². The normalized spacial score (nSPS) is 12.4. The Balaban J connectivity index is 2.64. The summed E-state index contributed by atoms with van der Waals surface area (Å²) in [4.78, 5) is 27.2. The first kappa shape index (κ1) is 15.9. The van der Waals surface area contributed by atoms with Gasteiger partial charge in [0.15, 0.2) is 0 Å². The largest absolute Gasteiger partial charge is 0.330 e. The second-order valence-corrected chi connectivity index (χ2v) is 5.63. The van der Waals surface area contributed by atoms with Gasteiger partial charge in [-0.15, -0.1) is 0 Å². The lowest BCUT2D eigenvalue weighted by atomic mass is 10.1. The Bertz CT molecular complexity index is 765. The molecule has 1 aromatic carbocycles. The van der Waals surface area contributed by atoms with Crippen LogP contribution in [0.15, 0.2) is 33.9 Å². The molecule has 1 unspecified atom stereocenters. The molecule has 21 heavy (non-hydrogen) atoms. The molecule has 0 saturated carbocycles. The van der Waals surface area contributed by atoms with Gasteiger partial charge >= 0.3 is 5.69 Å². The average Bonchev–Trinajstić information content (AvgIpc) is 2.43. The van der Waals surface area contributed by atoms with Crippen LogP contribution in [0.4, 0.5) is 0 Å². The number of rotatable bonds is 4. The standard InChI is InChI=1S/C15H16Cl2N2O2/c1-3-6-11-13(17)18-15(21)19(14(11)20)9(2)10-7-4-5-8-12(10)16/h4-5,7-9H,3,6H2,1-2H3,(H,18,21). The highest BCUT2D eigenvalue weighted by atomic mass is 35.5. The summed E-state index contributed by atoms with van der Waals surface area (Å²) < 4.78 is 1.16. The predicted molar refractivity (Wildman–Crippen MR) is 85.6 cm³/mol. The number of hydrogen-bond donors (Lipinski definition) is 1. The first-order chi connectivity index (χ1) is 9.97. The molecule has 112 valence electrons. The summed E-state index contributed by atoms with van der Waals surface area (Å²) in [5.74, 6) is 0. The van der Waals surface area contributed by atoms with Crippen molar-refractivity contribution in [3.63, 3.8) is 0 Å². The van der Waals surface area contributed by atoms with Crippen molar-refractivity contribution in [3.8, 4) is 0 Å². The second-order valence-electron chi connectivity index (χ2n) is 4.85. The minimum atomic E-state index is -0.530. The van der Waals surface area contributed by atoms with Crippen LogP contribution in [0.3, 0.4) is 0 Å². The fourth-order valence-electron chi connectivity index (χ4n) is 2.33. The van der Waals surface area contributed by atoms with E-state index < -0.39 is 11.7 Å². The maximum Gasteiger partial charge on any atom is 0.330 e. The zero-order valence-electron chi connectivity index (χ0n) is 11.8. The van der Waals surface area contributed by atoms with Crippen molar-refractivity contribution in [2.75, 3.05) is 0 Å². The molecule has 0 aliphatic carbocycles. The van der Waals surface area contributed by atoms with Gasteiger partial charge in [0, 0.05) is 5.02 Å². The van der Waals surface area contributed by atoms with Gasteiger partial charge in [0.2, 0.25) is 0 Å². The smallest absolute Gasteiger partial charge is 0.297 e. The molecule has 2 aromatic rings. The van der Waals surface area contributed by atoms with E-state index in [9.17, 15) is 9.59 Å². The molecule has 1 atom stereocenters. The highest BCUT2D eigenvalue weighted by Gasteiger charge is 2.19. The third-order valence-corrected chi connectivity index (χ3v) is 4.09. The molecule has 0 aliphatic rings. The van der Waals surface area contributed by atoms with Crippen LogP contribution >= 0.6 is 23.2 Å². The van der Waals surface area contributed by atoms with E-state index >= 15 is 0 Å². The maximum atomic E-state index is 12.5. The molecule has 1 N–H and O–H groups in total. The minimum Gasteiger partial charge on any atom is -0.297 e. The molecule has 0 fully saturated rings. The Morgan fingerprint density at radius 1 is 1.24 bits per heavy atom. The Labute approximate surface area is 132 Å². The third kappa shape index (κ3) is 3.06. The summed E-state index contributed by atoms with van der Waals surface area (Å²) >= 11 is 12.1. The fourth-order valence-corrected chi connectivity index (χ4v) is 2.88. The third-order valence-electron chi connectivity index (χ3n) is 3.42. The maximum absolute atomic E-state index is 12.5. The number of hydrogen-bond acceptors (Lipinski definition) is 2. The van der Waals surface area contributed by atoms with Crippen LogP contribution in [-0.2, 0) is 6.42 Å². The average molecular weight is 327 g/mol. The summed E-state index contributed by atoms with van der Waals surface area (Å²) in [6, 6.07) is 6.68. The van der Waals surface area contributed by atoms with Gasteiger partial charge in [0.25, 0.3) is 5.56 Å². The topological polar surface area (TPSA) is 54.9 Å². The molecular formula is C15H16Cl2N2O2. The Kier molecular flexibility index (Phi) is 4.91. The summed E-state index contributed by atoms with van der Waals surface area (Å²) in [7, 11) is 0. The lowest BCUT2D eigenvalue weighted by Gasteiger charge is -2.17. The van der Waals surface area contributed by atoms with E-state index in [-0.39, 0.29) is 10.7 Å². The molecule has 0 radical (unpaired) electrons. The molecular weight excluding hydrogens is 311 g/mol. The summed E-state index contributed by atoms with van der Waals surface area (Å²) in [6.45, 7) is 3.71. The molecule has 0 bridgehead atoms. The van der Waals surface area contributed by atoms with Gasteiger partial charge in [0.05, 0.1) is 11.6 Å². The van der Waals surface area contributed by atoms with E-state index in [4.69, 9.17) is 23.2 Å². The van der Waals surface area contributed by atoms with Crippen LogP contribution in [0.1, 0.15) is 37.4 Å². The van der Waals surface area contributed by atoms with E-state index in [2.05, 4.69) is 4.98 Å². The van der Waals surface area contributed by atoms with Gasteiger partial charge < -0.3 is 0 Å². The molecule has 2 rings (SSSR count). The summed E-state index contributed by atoms with van der Waals surface area (Å²) in [5, 5.41) is 0.637. The molecule has 0 amide bonds. The van der Waals surface area contributed by atoms with E-state index in [1.165, 1.54) is 0 Å². The van der Waals surface area contributed by atoms with Gasteiger partial charge in [-0.25, -0.2) is 4.79 Å². The number of halogens is 2. The van der Waals surface area contributed by atoms with E-state index in [0.717, 1.165) is 16.6 Å². The quantitative estimate of drug-likeness (QED) is 0.875. The number of nitrogens with zero attached hydrogens (tertiary/aromatic N) is 1. The fraction of sp³-hybridized carbons (Fsp3) is 0.333. The Morgan fingerprint density at radius 2 is 1.90 bits per heavy atom. The number of nitrogens with one attached hydrogen (secondary N) is 1. The van der Waals surface area contributed by atoms with Crippen LogP contribution in [0.2, 0.25) is 10.2 Å². The molecule has 4 nitrogen and oxygen atoms in total. The number of aromatic amines is 1. The Morgan fingerprint density at radius 3 is 2.52 bits per heavy atom. The minimum absolute atomic E-state index is 0.120. The first-order valence-corrected chi connectivity index (χ1v) is 7.50. The van der Waals surface area contributed by atoms with Crippen LogP contribution in [0.25, 0.3) is 0 Å². The van der Waals surface area contributed by atoms with Crippen molar-refractivity contribution in [2.45, 2.75) is 32.7 Å². The lowest BCUT2D eigenvalue weighted by Crippen LogP contribution is -2.39. The molecule has 0 saturated heterocycles. The molecule has 6 heteroatoms. The van der Waals surface area contributed by atoms with Crippen molar-refractivity contribution in [2.24, 2.45) is 0 Å². The van der Waals surface area contributed by atoms with E-state index in [1.54, 1.807) is 25.1 Å². The monoisotopic (exact) mass is 326 g/mol. The lowest BCUT2D eigenvalue weighted by molar-refractivity contribution is 0.570. The van der Waals surface area contributed by atoms with Crippen molar-refractivity contribution in [1.82, 2.24) is 9.55 Å². The first-order valence-electron chi connectivity index (χ1n) is 6.75. The summed E-state index contributed by atoms with van der Waals surface area (Å²) in [6.07, 6.45) is 1.28. The Hall–Kier alpha value is -1.52. The predicted octanol–water partition coefficient (Wildman–Crippen LogP) is 3.41. The number of benzene rings is 1. The molecule has 1 heterocycles. The van der Waals surface area contributed by atoms with Crippen molar-refractivity contribution < 1.29 is 0 Å². The van der Waals surface area contributed by atoms with Crippen LogP contribution in [-0.4, -0.2) is 9.55 Å². The zero-order chi connectivity index (χ0) is 15.6. The van der Waals surface area contributed by atoms with Gasteiger partial charge in [0.1, 0.15) is 5.15 Å². The van der Waals surface area contributed by atoms with E-state index in [1.807, 2.05) is 13.0 Å². The van der Waals surface area contributed by atoms with E-state index in [0.29, 0.717) is 17.0 Å². The van der Waals surface area contributed by atoms with Crippen molar-refractivity contribution in [3.05, 3.63) is 66.4 Å². The molecule has 1 aromatic heterocycles. The van der Waals surface area contributed by atoms with Crippen LogP contribution < -0.4 is 11.2 Å². The second kappa shape index (κ2) is 6.50. The molecule has 0 spiro atoms. The van der Waals surface area contributed by atoms with Crippen LogP contribution in [0.5, 0.6) is 0 Å². The van der Waals surface area contributed by atoms with Crippen LogP contribution in [0, 0.1) is 0 Å². The highest BCUT2D eigenvalue weighted by molar-refractivity contribution is 6.31. The zero-order valence-corrected chi connectivity index (χ0v) is 13.3. The highest BCUT2D eigenvalue weighted by Crippen LogP contribution is 2.24. The number of aromatic nitrogens is 2.